The number of hydrogen-bond donors (Lipinski definition) is 3. The largest absolute Gasteiger partial charge is 0.480 e. The van der Waals surface area contributed by atoms with Crippen molar-refractivity contribution >= 4 is 18.0 Å². The minimum atomic E-state index is -1.05. The summed E-state index contributed by atoms with van der Waals surface area (Å²) in [4.78, 5) is 37.0. The predicted octanol–water partition coefficient (Wildman–Crippen LogP) is 3.92. The number of fused-ring (bicyclic) bond motifs is 3. The summed E-state index contributed by atoms with van der Waals surface area (Å²) in [6.07, 6.45) is 1.26. The number of hydrogen-bond acceptors (Lipinski definition) is 4. The van der Waals surface area contributed by atoms with Crippen molar-refractivity contribution in [1.29, 1.82) is 0 Å². The number of carboxylic acid groups (broad SMARTS) is 1. The summed E-state index contributed by atoms with van der Waals surface area (Å²) < 4.78 is 5.57. The van der Waals surface area contributed by atoms with Crippen LogP contribution in [0.25, 0.3) is 11.1 Å². The lowest BCUT2D eigenvalue weighted by Crippen LogP contribution is -2.52. The third-order valence-electron chi connectivity index (χ3n) is 6.32. The van der Waals surface area contributed by atoms with E-state index in [1.54, 1.807) is 0 Å². The molecule has 2 aromatic carbocycles. The van der Waals surface area contributed by atoms with Crippen molar-refractivity contribution in [2.24, 2.45) is 11.8 Å². The van der Waals surface area contributed by atoms with Crippen LogP contribution in [0.5, 0.6) is 0 Å². The number of nitrogens with one attached hydrogen (secondary N) is 2. The maximum Gasteiger partial charge on any atom is 0.407 e. The monoisotopic (exact) mass is 450 g/mol. The molecule has 0 saturated heterocycles. The SMILES string of the molecule is CC(C)C[C@H](NC(=O)OCC1c2ccccc2-c2ccccc21)C(=O)NC(C(=O)O)C1CC1. The van der Waals surface area contributed by atoms with Gasteiger partial charge in [0.25, 0.3) is 0 Å². The van der Waals surface area contributed by atoms with Gasteiger partial charge >= 0.3 is 12.1 Å². The van der Waals surface area contributed by atoms with Gasteiger partial charge < -0.3 is 20.5 Å². The molecule has 0 heterocycles. The molecule has 2 atom stereocenters. The highest BCUT2D eigenvalue weighted by Gasteiger charge is 2.39. The quantitative estimate of drug-likeness (QED) is 0.537. The van der Waals surface area contributed by atoms with Gasteiger partial charge in [-0.25, -0.2) is 9.59 Å². The Morgan fingerprint density at radius 1 is 0.970 bits per heavy atom. The highest BCUT2D eigenvalue weighted by atomic mass is 16.5. The van der Waals surface area contributed by atoms with Gasteiger partial charge in [0.1, 0.15) is 18.7 Å². The third-order valence-corrected chi connectivity index (χ3v) is 6.32. The standard InChI is InChI=1S/C26H30N2O5/c1-15(2)13-22(24(29)28-23(25(30)31)16-11-12-16)27-26(32)33-14-21-19-9-5-3-7-17(19)18-8-4-6-10-20(18)21/h3-10,15-16,21-23H,11-14H2,1-2H3,(H,27,32)(H,28,29)(H,30,31)/t22-,23?/m0/s1. The Kier molecular flexibility index (Phi) is 6.67. The fraction of sp³-hybridized carbons (Fsp3) is 0.423. The minimum absolute atomic E-state index is 0.0411. The molecule has 174 valence electrons. The predicted molar refractivity (Wildman–Crippen MR) is 124 cm³/mol. The molecule has 2 aromatic rings. The molecule has 0 aliphatic heterocycles. The van der Waals surface area contributed by atoms with E-state index in [0.717, 1.165) is 35.1 Å². The fourth-order valence-electron chi connectivity index (χ4n) is 4.55. The number of aliphatic carboxylic acids is 1. The van der Waals surface area contributed by atoms with Crippen molar-refractivity contribution in [2.45, 2.75) is 51.1 Å². The second-order valence-electron chi connectivity index (χ2n) is 9.31. The number of ether oxygens (including phenoxy) is 1. The molecule has 2 amide bonds. The average Bonchev–Trinajstić information content (AvgIpc) is 3.57. The van der Waals surface area contributed by atoms with Crippen LogP contribution < -0.4 is 10.6 Å². The van der Waals surface area contributed by atoms with Crippen LogP contribution in [0.15, 0.2) is 48.5 Å². The molecule has 2 aliphatic carbocycles. The highest BCUT2D eigenvalue weighted by molar-refractivity contribution is 5.89. The van der Waals surface area contributed by atoms with Crippen LogP contribution in [-0.2, 0) is 14.3 Å². The van der Waals surface area contributed by atoms with Crippen molar-refractivity contribution in [3.8, 4) is 11.1 Å². The zero-order valence-electron chi connectivity index (χ0n) is 18.9. The van der Waals surface area contributed by atoms with Crippen LogP contribution in [-0.4, -0.2) is 41.8 Å². The normalized spacial score (nSPS) is 16.5. The summed E-state index contributed by atoms with van der Waals surface area (Å²) in [5.74, 6) is -1.53. The number of benzene rings is 2. The molecule has 0 spiro atoms. The first-order valence-corrected chi connectivity index (χ1v) is 11.5. The Hall–Kier alpha value is -3.35. The Morgan fingerprint density at radius 3 is 2.06 bits per heavy atom. The van der Waals surface area contributed by atoms with Gasteiger partial charge in [-0.15, -0.1) is 0 Å². The fourth-order valence-corrected chi connectivity index (χ4v) is 4.55. The van der Waals surface area contributed by atoms with E-state index in [0.29, 0.717) is 6.42 Å². The van der Waals surface area contributed by atoms with Crippen LogP contribution in [0.2, 0.25) is 0 Å². The topological polar surface area (TPSA) is 105 Å². The first kappa shape index (κ1) is 22.8. The van der Waals surface area contributed by atoms with E-state index < -0.39 is 30.1 Å². The molecular formula is C26H30N2O5. The molecular weight excluding hydrogens is 420 g/mol. The lowest BCUT2D eigenvalue weighted by molar-refractivity contribution is -0.142. The zero-order valence-corrected chi connectivity index (χ0v) is 18.9. The summed E-state index contributed by atoms with van der Waals surface area (Å²) in [6.45, 7) is 4.03. The molecule has 3 N–H and O–H groups in total. The molecule has 7 heteroatoms. The highest BCUT2D eigenvalue weighted by Crippen LogP contribution is 2.44. The smallest absolute Gasteiger partial charge is 0.407 e. The van der Waals surface area contributed by atoms with Crippen LogP contribution in [0, 0.1) is 11.8 Å². The Balaban J connectivity index is 1.41. The van der Waals surface area contributed by atoms with Crippen LogP contribution >= 0.6 is 0 Å². The third kappa shape index (κ3) is 5.18. The van der Waals surface area contributed by atoms with Gasteiger partial charge in [-0.3, -0.25) is 4.79 Å². The number of rotatable bonds is 9. The number of carbonyl (C=O) groups is 3. The maximum absolute atomic E-state index is 12.8. The van der Waals surface area contributed by atoms with Gasteiger partial charge in [0, 0.05) is 5.92 Å². The molecule has 2 aliphatic rings. The van der Waals surface area contributed by atoms with Crippen molar-refractivity contribution in [3.05, 3.63) is 59.7 Å². The molecule has 0 aromatic heterocycles. The molecule has 1 unspecified atom stereocenters. The first-order valence-electron chi connectivity index (χ1n) is 11.5. The van der Waals surface area contributed by atoms with Gasteiger partial charge in [0.15, 0.2) is 0 Å². The lowest BCUT2D eigenvalue weighted by atomic mass is 9.98. The van der Waals surface area contributed by atoms with E-state index in [4.69, 9.17) is 4.74 Å². The van der Waals surface area contributed by atoms with Crippen LogP contribution in [0.3, 0.4) is 0 Å². The van der Waals surface area contributed by atoms with Gasteiger partial charge in [-0.1, -0.05) is 62.4 Å². The first-order chi connectivity index (χ1) is 15.8. The Labute approximate surface area is 193 Å². The molecule has 33 heavy (non-hydrogen) atoms. The molecule has 1 saturated carbocycles. The number of carbonyl (C=O) groups excluding carboxylic acids is 2. The van der Waals surface area contributed by atoms with E-state index >= 15 is 0 Å². The Bertz CT molecular complexity index is 1000. The summed E-state index contributed by atoms with van der Waals surface area (Å²) in [5.41, 5.74) is 4.49. The summed E-state index contributed by atoms with van der Waals surface area (Å²) in [6, 6.07) is 14.4. The summed E-state index contributed by atoms with van der Waals surface area (Å²) >= 11 is 0. The van der Waals surface area contributed by atoms with Crippen molar-refractivity contribution in [3.63, 3.8) is 0 Å². The molecule has 1 fully saturated rings. The van der Waals surface area contributed by atoms with Crippen molar-refractivity contribution in [1.82, 2.24) is 10.6 Å². The molecule has 0 bridgehead atoms. The number of carboxylic acids is 1. The molecule has 0 radical (unpaired) electrons. The molecule has 4 rings (SSSR count). The number of amides is 2. The average molecular weight is 451 g/mol. The lowest BCUT2D eigenvalue weighted by Gasteiger charge is -2.23. The number of alkyl carbamates (subject to hydrolysis) is 1. The Morgan fingerprint density at radius 2 is 1.55 bits per heavy atom. The van der Waals surface area contributed by atoms with Gasteiger partial charge in [-0.05, 0) is 53.4 Å². The van der Waals surface area contributed by atoms with E-state index in [2.05, 4.69) is 22.8 Å². The van der Waals surface area contributed by atoms with Gasteiger partial charge in [0.05, 0.1) is 0 Å². The second kappa shape index (κ2) is 9.65. The summed E-state index contributed by atoms with van der Waals surface area (Å²) in [7, 11) is 0. The van der Waals surface area contributed by atoms with Gasteiger partial charge in [-0.2, -0.15) is 0 Å². The second-order valence-corrected chi connectivity index (χ2v) is 9.31. The van der Waals surface area contributed by atoms with Crippen LogP contribution in [0.1, 0.15) is 50.2 Å². The van der Waals surface area contributed by atoms with Crippen molar-refractivity contribution < 1.29 is 24.2 Å². The van der Waals surface area contributed by atoms with E-state index in [-0.39, 0.29) is 24.4 Å². The minimum Gasteiger partial charge on any atom is -0.480 e. The molecule has 7 nitrogen and oxygen atoms in total. The van der Waals surface area contributed by atoms with Gasteiger partial charge in [0.2, 0.25) is 5.91 Å². The van der Waals surface area contributed by atoms with Crippen molar-refractivity contribution in [2.75, 3.05) is 6.61 Å². The van der Waals surface area contributed by atoms with E-state index in [9.17, 15) is 19.5 Å². The zero-order chi connectivity index (χ0) is 23.5. The van der Waals surface area contributed by atoms with Crippen LogP contribution in [0.4, 0.5) is 4.79 Å². The van der Waals surface area contributed by atoms with E-state index in [1.165, 1.54) is 0 Å². The van der Waals surface area contributed by atoms with E-state index in [1.807, 2.05) is 50.2 Å². The maximum atomic E-state index is 12.8. The summed E-state index contributed by atoms with van der Waals surface area (Å²) in [5, 5.41) is 14.7.